The SMILES string of the molecule is O=C(C1=C[C@H]2[C@H]3C(=O)N(c4ccc([N+](=O)[O-])cc4)C(=O)[C@@H]3[C@H](C(=O)c3ccc(Br)cc3)N2C=C1)c1ccccc1. The minimum absolute atomic E-state index is 0.179. The molecule has 198 valence electrons. The number of Topliss-reactive ketones (excluding diaryl/α,β-unsaturated/α-hetero) is 2. The normalized spacial score (nSPS) is 23.1. The second-order valence-electron chi connectivity index (χ2n) is 9.72. The number of rotatable bonds is 6. The van der Waals surface area contributed by atoms with E-state index in [1.165, 1.54) is 24.3 Å². The van der Waals surface area contributed by atoms with Crippen LogP contribution in [-0.2, 0) is 9.59 Å². The summed E-state index contributed by atoms with van der Waals surface area (Å²) in [5, 5.41) is 11.1. The van der Waals surface area contributed by atoms with Gasteiger partial charge in [-0.3, -0.25) is 29.3 Å². The molecular weight excluding hydrogens is 578 g/mol. The van der Waals surface area contributed by atoms with Crippen LogP contribution in [0.2, 0.25) is 0 Å². The molecule has 0 saturated carbocycles. The lowest BCUT2D eigenvalue weighted by Crippen LogP contribution is -2.46. The molecule has 3 aromatic rings. The molecule has 3 aliphatic rings. The van der Waals surface area contributed by atoms with Crippen LogP contribution >= 0.6 is 15.9 Å². The van der Waals surface area contributed by atoms with Crippen LogP contribution in [0.15, 0.2) is 107 Å². The number of carbonyl (C=O) groups is 4. The topological polar surface area (TPSA) is 118 Å². The molecule has 40 heavy (non-hydrogen) atoms. The second-order valence-corrected chi connectivity index (χ2v) is 10.6. The summed E-state index contributed by atoms with van der Waals surface area (Å²) >= 11 is 3.36. The molecule has 2 saturated heterocycles. The van der Waals surface area contributed by atoms with Crippen molar-refractivity contribution in [1.29, 1.82) is 0 Å². The lowest BCUT2D eigenvalue weighted by molar-refractivity contribution is -0.384. The minimum Gasteiger partial charge on any atom is -0.359 e. The van der Waals surface area contributed by atoms with E-state index in [2.05, 4.69) is 15.9 Å². The van der Waals surface area contributed by atoms with Crippen molar-refractivity contribution in [1.82, 2.24) is 4.90 Å². The first-order valence-corrected chi connectivity index (χ1v) is 13.2. The molecule has 0 unspecified atom stereocenters. The van der Waals surface area contributed by atoms with Gasteiger partial charge in [0.25, 0.3) is 5.69 Å². The molecule has 0 aromatic heterocycles. The predicted octanol–water partition coefficient (Wildman–Crippen LogP) is 4.74. The van der Waals surface area contributed by atoms with Gasteiger partial charge in [0.2, 0.25) is 11.8 Å². The van der Waals surface area contributed by atoms with Crippen molar-refractivity contribution in [3.63, 3.8) is 0 Å². The number of ketones is 2. The summed E-state index contributed by atoms with van der Waals surface area (Å²) < 4.78 is 0.785. The molecule has 9 nitrogen and oxygen atoms in total. The molecular formula is C30H20BrN3O6. The summed E-state index contributed by atoms with van der Waals surface area (Å²) in [6, 6.07) is 18.9. The zero-order chi connectivity index (χ0) is 28.1. The van der Waals surface area contributed by atoms with E-state index in [9.17, 15) is 29.3 Å². The lowest BCUT2D eigenvalue weighted by atomic mass is 9.85. The Morgan fingerprint density at radius 3 is 2.12 bits per heavy atom. The molecule has 3 aromatic carbocycles. The van der Waals surface area contributed by atoms with Crippen LogP contribution in [0.1, 0.15) is 20.7 Å². The van der Waals surface area contributed by atoms with Crippen LogP contribution in [0.3, 0.4) is 0 Å². The number of fused-ring (bicyclic) bond motifs is 3. The first kappa shape index (κ1) is 25.6. The molecule has 3 heterocycles. The number of halogens is 1. The number of imide groups is 1. The van der Waals surface area contributed by atoms with Gasteiger partial charge in [0.1, 0.15) is 6.04 Å². The van der Waals surface area contributed by atoms with Crippen LogP contribution < -0.4 is 4.90 Å². The fourth-order valence-corrected chi connectivity index (χ4v) is 5.98. The van der Waals surface area contributed by atoms with E-state index in [0.29, 0.717) is 16.7 Å². The highest BCUT2D eigenvalue weighted by Gasteiger charge is 2.63. The Kier molecular flexibility index (Phi) is 6.26. The van der Waals surface area contributed by atoms with Gasteiger partial charge in [0.05, 0.1) is 28.5 Å². The number of allylic oxidation sites excluding steroid dienone is 2. The Labute approximate surface area is 236 Å². The van der Waals surface area contributed by atoms with Crippen molar-refractivity contribution >= 4 is 50.7 Å². The summed E-state index contributed by atoms with van der Waals surface area (Å²) in [6.45, 7) is 0. The zero-order valence-electron chi connectivity index (χ0n) is 20.7. The highest BCUT2D eigenvalue weighted by Crippen LogP contribution is 2.47. The number of benzene rings is 3. The third kappa shape index (κ3) is 4.08. The maximum Gasteiger partial charge on any atom is 0.269 e. The van der Waals surface area contributed by atoms with Crippen LogP contribution in [0.5, 0.6) is 0 Å². The van der Waals surface area contributed by atoms with Crippen LogP contribution in [0.4, 0.5) is 11.4 Å². The standard InChI is InChI=1S/C30H20BrN3O6/c31-20-8-6-18(7-9-20)28(36)26-25-24(29(37)33(30(25)38)21-10-12-22(13-11-21)34(39)40)23-16-19(14-15-32(23)26)27(35)17-4-2-1-3-5-17/h1-16,23-26H/t23-,24+,25-,26+/m0/s1. The van der Waals surface area contributed by atoms with Gasteiger partial charge in [-0.1, -0.05) is 64.5 Å². The second kappa shape index (κ2) is 9.80. The van der Waals surface area contributed by atoms with Crippen molar-refractivity contribution in [2.24, 2.45) is 11.8 Å². The van der Waals surface area contributed by atoms with Gasteiger partial charge < -0.3 is 4.90 Å². The number of nitro groups is 1. The molecule has 2 fully saturated rings. The number of non-ortho nitro benzene ring substituents is 1. The van der Waals surface area contributed by atoms with Gasteiger partial charge >= 0.3 is 0 Å². The molecule has 0 spiro atoms. The van der Waals surface area contributed by atoms with Gasteiger partial charge in [-0.25, -0.2) is 4.90 Å². The molecule has 0 bridgehead atoms. The van der Waals surface area contributed by atoms with Crippen LogP contribution in [-0.4, -0.2) is 45.3 Å². The van der Waals surface area contributed by atoms with Crippen molar-refractivity contribution in [2.75, 3.05) is 4.90 Å². The Balaban J connectivity index is 1.42. The van der Waals surface area contributed by atoms with E-state index in [1.54, 1.807) is 77.8 Å². The van der Waals surface area contributed by atoms with E-state index >= 15 is 0 Å². The summed E-state index contributed by atoms with van der Waals surface area (Å²) in [4.78, 5) is 68.1. The number of amides is 2. The number of hydrogen-bond donors (Lipinski definition) is 0. The largest absolute Gasteiger partial charge is 0.359 e. The Hall–Kier alpha value is -4.70. The van der Waals surface area contributed by atoms with E-state index in [4.69, 9.17) is 0 Å². The quantitative estimate of drug-likeness (QED) is 0.174. The number of carbonyl (C=O) groups excluding carboxylic acids is 4. The third-order valence-electron chi connectivity index (χ3n) is 7.56. The Morgan fingerprint density at radius 2 is 1.48 bits per heavy atom. The molecule has 6 rings (SSSR count). The molecule has 0 radical (unpaired) electrons. The predicted molar refractivity (Wildman–Crippen MR) is 148 cm³/mol. The van der Waals surface area contributed by atoms with Gasteiger partial charge in [0, 0.05) is 39.5 Å². The summed E-state index contributed by atoms with van der Waals surface area (Å²) in [5.41, 5.74) is 1.22. The number of nitrogens with zero attached hydrogens (tertiary/aromatic N) is 3. The summed E-state index contributed by atoms with van der Waals surface area (Å²) in [5.74, 6) is -3.60. The third-order valence-corrected chi connectivity index (χ3v) is 8.09. The molecule has 2 amide bonds. The summed E-state index contributed by atoms with van der Waals surface area (Å²) in [6.07, 6.45) is 4.89. The van der Waals surface area contributed by atoms with E-state index in [1.807, 2.05) is 0 Å². The highest BCUT2D eigenvalue weighted by molar-refractivity contribution is 9.10. The molecule has 0 N–H and O–H groups in total. The first-order valence-electron chi connectivity index (χ1n) is 12.5. The van der Waals surface area contributed by atoms with E-state index in [-0.39, 0.29) is 22.9 Å². The maximum absolute atomic E-state index is 13.9. The Morgan fingerprint density at radius 1 is 0.825 bits per heavy atom. The van der Waals surface area contributed by atoms with Gasteiger partial charge in [0.15, 0.2) is 11.6 Å². The fraction of sp³-hybridized carbons (Fsp3) is 0.133. The van der Waals surface area contributed by atoms with Crippen LogP contribution in [0.25, 0.3) is 0 Å². The zero-order valence-corrected chi connectivity index (χ0v) is 22.3. The van der Waals surface area contributed by atoms with E-state index < -0.39 is 40.7 Å². The van der Waals surface area contributed by atoms with Gasteiger partial charge in [-0.05, 0) is 30.3 Å². The number of nitro benzene ring substituents is 1. The maximum atomic E-state index is 13.9. The first-order chi connectivity index (χ1) is 19.3. The molecule has 0 aliphatic carbocycles. The monoisotopic (exact) mass is 597 g/mol. The van der Waals surface area contributed by atoms with E-state index in [0.717, 1.165) is 9.37 Å². The average molecular weight is 598 g/mol. The minimum atomic E-state index is -1.02. The van der Waals surface area contributed by atoms with Gasteiger partial charge in [-0.15, -0.1) is 0 Å². The van der Waals surface area contributed by atoms with Gasteiger partial charge in [-0.2, -0.15) is 0 Å². The Bertz CT molecular complexity index is 1630. The average Bonchev–Trinajstić information content (AvgIpc) is 3.44. The van der Waals surface area contributed by atoms with Crippen molar-refractivity contribution in [3.05, 3.63) is 129 Å². The van der Waals surface area contributed by atoms with Crippen molar-refractivity contribution in [3.8, 4) is 0 Å². The molecule has 10 heteroatoms. The lowest BCUT2D eigenvalue weighted by Gasteiger charge is -2.32. The smallest absolute Gasteiger partial charge is 0.269 e. The molecule has 4 atom stereocenters. The van der Waals surface area contributed by atoms with Crippen molar-refractivity contribution in [2.45, 2.75) is 12.1 Å². The van der Waals surface area contributed by atoms with Crippen LogP contribution in [0, 0.1) is 22.0 Å². The summed E-state index contributed by atoms with van der Waals surface area (Å²) in [7, 11) is 0. The molecule has 3 aliphatic heterocycles. The fourth-order valence-electron chi connectivity index (χ4n) is 5.72. The number of hydrogen-bond acceptors (Lipinski definition) is 7. The van der Waals surface area contributed by atoms with Crippen molar-refractivity contribution < 1.29 is 24.1 Å². The highest BCUT2D eigenvalue weighted by atomic mass is 79.9. The number of anilines is 1.